The van der Waals surface area contributed by atoms with Crippen LogP contribution in [0.2, 0.25) is 0 Å². The predicted octanol–water partition coefficient (Wildman–Crippen LogP) is 2.68. The summed E-state index contributed by atoms with van der Waals surface area (Å²) in [6.45, 7) is 1.48. The van der Waals surface area contributed by atoms with Crippen LogP contribution in [-0.4, -0.2) is 38.1 Å². The molecule has 0 aromatic carbocycles. The highest BCUT2D eigenvalue weighted by molar-refractivity contribution is 7.91. The Morgan fingerprint density at radius 3 is 2.59 bits per heavy atom. The van der Waals surface area contributed by atoms with Crippen molar-refractivity contribution in [3.63, 3.8) is 0 Å². The maximum absolute atomic E-state index is 13.0. The van der Waals surface area contributed by atoms with Crippen LogP contribution in [0.1, 0.15) is 12.5 Å². The molecule has 0 fully saturated rings. The highest BCUT2D eigenvalue weighted by atomic mass is 32.2. The molecule has 0 bridgehead atoms. The Bertz CT molecular complexity index is 1370. The Morgan fingerprint density at radius 1 is 1.21 bits per heavy atom. The summed E-state index contributed by atoms with van der Waals surface area (Å²) in [7, 11) is -2.24. The second-order valence-electron chi connectivity index (χ2n) is 6.39. The molecule has 4 heterocycles. The second kappa shape index (κ2) is 6.17. The van der Waals surface area contributed by atoms with Crippen LogP contribution in [0, 0.1) is 0 Å². The average molecular weight is 424 g/mol. The lowest BCUT2D eigenvalue weighted by atomic mass is 10.2. The summed E-state index contributed by atoms with van der Waals surface area (Å²) >= 11 is 0. The normalized spacial score (nSPS) is 12.9. The number of hydrogen-bond donors (Lipinski definition) is 1. The quantitative estimate of drug-likeness (QED) is 0.542. The molecule has 0 unspecified atom stereocenters. The van der Waals surface area contributed by atoms with Gasteiger partial charge in [-0.25, -0.2) is 23.4 Å². The molecule has 0 aliphatic carbocycles. The molecule has 0 spiro atoms. The van der Waals surface area contributed by atoms with E-state index in [4.69, 9.17) is 5.73 Å². The van der Waals surface area contributed by atoms with Crippen LogP contribution in [0.15, 0.2) is 35.6 Å². The number of pyridine rings is 2. The van der Waals surface area contributed by atoms with Gasteiger partial charge >= 0.3 is 6.18 Å². The molecule has 0 saturated carbocycles. The first-order valence-corrected chi connectivity index (χ1v) is 10.1. The van der Waals surface area contributed by atoms with Crippen LogP contribution in [0.3, 0.4) is 0 Å². The van der Waals surface area contributed by atoms with Gasteiger partial charge in [0.2, 0.25) is 0 Å². The molecule has 0 atom stereocenters. The first-order chi connectivity index (χ1) is 13.5. The average Bonchev–Trinajstić information content (AvgIpc) is 3.20. The molecule has 0 saturated heterocycles. The lowest BCUT2D eigenvalue weighted by molar-refractivity contribution is -0.137. The van der Waals surface area contributed by atoms with Crippen molar-refractivity contribution in [1.82, 2.24) is 23.9 Å². The van der Waals surface area contributed by atoms with E-state index in [1.165, 1.54) is 29.1 Å². The molecule has 152 valence electrons. The maximum atomic E-state index is 13.0. The molecule has 4 rings (SSSR count). The Labute approximate surface area is 162 Å². The summed E-state index contributed by atoms with van der Waals surface area (Å²) in [6.07, 6.45) is -2.36. The molecule has 0 aliphatic heterocycles. The number of nitrogens with zero attached hydrogens (tertiary/aromatic N) is 5. The molecule has 0 radical (unpaired) electrons. The summed E-state index contributed by atoms with van der Waals surface area (Å²) in [5.41, 5.74) is 5.59. The highest BCUT2D eigenvalue weighted by Crippen LogP contribution is 2.34. The number of halogens is 3. The van der Waals surface area contributed by atoms with Crippen molar-refractivity contribution < 1.29 is 21.6 Å². The topological polar surface area (TPSA) is 108 Å². The largest absolute Gasteiger partial charge is 0.417 e. The highest BCUT2D eigenvalue weighted by Gasteiger charge is 2.33. The lowest BCUT2D eigenvalue weighted by Gasteiger charge is -2.06. The van der Waals surface area contributed by atoms with Crippen molar-refractivity contribution >= 4 is 32.3 Å². The standard InChI is InChI=1S/C17H15F3N6O2S/c1-3-29(27,28)16-12(24-13-10(21)5-4-6-26(13)16)15-23-11-7-9(17(18,19)20)8-22-14(11)25(15)2/h4-8H,3,21H2,1-2H3. The minimum absolute atomic E-state index is 0.00110. The second-order valence-corrected chi connectivity index (χ2v) is 8.58. The first-order valence-electron chi connectivity index (χ1n) is 8.44. The summed E-state index contributed by atoms with van der Waals surface area (Å²) in [5, 5.41) is -0.128. The van der Waals surface area contributed by atoms with Crippen LogP contribution in [0.4, 0.5) is 18.9 Å². The molecule has 0 amide bonds. The van der Waals surface area contributed by atoms with Gasteiger partial charge in [0, 0.05) is 19.4 Å². The van der Waals surface area contributed by atoms with Crippen molar-refractivity contribution in [1.29, 1.82) is 0 Å². The fraction of sp³-hybridized carbons (Fsp3) is 0.235. The third-order valence-corrected chi connectivity index (χ3v) is 6.30. The monoisotopic (exact) mass is 424 g/mol. The van der Waals surface area contributed by atoms with Crippen molar-refractivity contribution in [3.05, 3.63) is 36.2 Å². The number of fused-ring (bicyclic) bond motifs is 2. The molecule has 4 aromatic heterocycles. The van der Waals surface area contributed by atoms with Gasteiger partial charge in [-0.15, -0.1) is 0 Å². The number of hydrogen-bond acceptors (Lipinski definition) is 6. The summed E-state index contributed by atoms with van der Waals surface area (Å²) in [4.78, 5) is 12.4. The zero-order valence-corrected chi connectivity index (χ0v) is 16.1. The van der Waals surface area contributed by atoms with E-state index in [1.807, 2.05) is 0 Å². The van der Waals surface area contributed by atoms with Gasteiger partial charge in [-0.3, -0.25) is 4.40 Å². The SMILES string of the molecule is CCS(=O)(=O)c1c(-c2nc3cc(C(F)(F)F)cnc3n2C)nc2c(N)cccn12. The maximum Gasteiger partial charge on any atom is 0.417 e. The molecule has 0 aliphatic rings. The number of aryl methyl sites for hydroxylation is 1. The molecule has 29 heavy (non-hydrogen) atoms. The van der Waals surface area contributed by atoms with Crippen LogP contribution >= 0.6 is 0 Å². The predicted molar refractivity (Wildman–Crippen MR) is 99.8 cm³/mol. The first kappa shape index (κ1) is 19.2. The van der Waals surface area contributed by atoms with Crippen LogP contribution in [-0.2, 0) is 23.1 Å². The van der Waals surface area contributed by atoms with Crippen LogP contribution < -0.4 is 5.73 Å². The number of imidazole rings is 2. The van der Waals surface area contributed by atoms with Gasteiger partial charge in [-0.1, -0.05) is 6.92 Å². The van der Waals surface area contributed by atoms with E-state index < -0.39 is 21.6 Å². The van der Waals surface area contributed by atoms with E-state index >= 15 is 0 Å². The fourth-order valence-electron chi connectivity index (χ4n) is 3.09. The number of anilines is 1. The Morgan fingerprint density at radius 2 is 1.93 bits per heavy atom. The lowest BCUT2D eigenvalue weighted by Crippen LogP contribution is -2.10. The zero-order valence-electron chi connectivity index (χ0n) is 15.3. The van der Waals surface area contributed by atoms with Crippen molar-refractivity contribution in [2.75, 3.05) is 11.5 Å². The van der Waals surface area contributed by atoms with Crippen LogP contribution in [0.5, 0.6) is 0 Å². The van der Waals surface area contributed by atoms with Gasteiger partial charge in [0.25, 0.3) is 0 Å². The van der Waals surface area contributed by atoms with Crippen molar-refractivity contribution in [2.24, 2.45) is 7.05 Å². The molecular formula is C17H15F3N6O2S. The number of nitrogen functional groups attached to an aromatic ring is 1. The van der Waals surface area contributed by atoms with Crippen molar-refractivity contribution in [3.8, 4) is 11.5 Å². The zero-order chi connectivity index (χ0) is 21.1. The minimum Gasteiger partial charge on any atom is -0.396 e. The molecule has 12 heteroatoms. The molecule has 4 aromatic rings. The smallest absolute Gasteiger partial charge is 0.396 e. The van der Waals surface area contributed by atoms with E-state index in [-0.39, 0.29) is 44.8 Å². The van der Waals surface area contributed by atoms with Crippen molar-refractivity contribution in [2.45, 2.75) is 18.1 Å². The van der Waals surface area contributed by atoms with Crippen LogP contribution in [0.25, 0.3) is 28.3 Å². The Hall–Kier alpha value is -3.15. The van der Waals surface area contributed by atoms with E-state index in [2.05, 4.69) is 15.0 Å². The number of alkyl halides is 3. The van der Waals surface area contributed by atoms with Gasteiger partial charge in [0.15, 0.2) is 32.0 Å². The van der Waals surface area contributed by atoms with Gasteiger partial charge in [-0.2, -0.15) is 13.2 Å². The van der Waals surface area contributed by atoms with Gasteiger partial charge in [0.05, 0.1) is 17.0 Å². The Balaban J connectivity index is 2.07. The van der Waals surface area contributed by atoms with E-state index in [0.29, 0.717) is 6.20 Å². The summed E-state index contributed by atoms with van der Waals surface area (Å²) < 4.78 is 67.4. The summed E-state index contributed by atoms with van der Waals surface area (Å²) in [5.74, 6) is -0.134. The molecule has 2 N–H and O–H groups in total. The van der Waals surface area contributed by atoms with Gasteiger partial charge in [-0.05, 0) is 18.2 Å². The van der Waals surface area contributed by atoms with Gasteiger partial charge < -0.3 is 10.3 Å². The number of aromatic nitrogens is 5. The third-order valence-electron chi connectivity index (χ3n) is 4.56. The molecule has 8 nitrogen and oxygen atoms in total. The minimum atomic E-state index is -4.58. The van der Waals surface area contributed by atoms with E-state index in [1.54, 1.807) is 12.1 Å². The number of sulfone groups is 1. The number of nitrogens with two attached hydrogens (primary N) is 1. The van der Waals surface area contributed by atoms with E-state index in [0.717, 1.165) is 6.07 Å². The number of rotatable bonds is 3. The fourth-order valence-corrected chi connectivity index (χ4v) is 4.24. The van der Waals surface area contributed by atoms with E-state index in [9.17, 15) is 21.6 Å². The summed E-state index contributed by atoms with van der Waals surface area (Å²) in [6, 6.07) is 4.01. The Kier molecular flexibility index (Phi) is 4.08. The third kappa shape index (κ3) is 2.90. The molecular weight excluding hydrogens is 409 g/mol. The van der Waals surface area contributed by atoms with Gasteiger partial charge in [0.1, 0.15) is 11.2 Å².